The van der Waals surface area contributed by atoms with Crippen LogP contribution >= 0.6 is 11.6 Å². The third-order valence-corrected chi connectivity index (χ3v) is 5.46. The summed E-state index contributed by atoms with van der Waals surface area (Å²) in [5.41, 5.74) is 0.877. The Morgan fingerprint density at radius 2 is 2.06 bits per heavy atom. The summed E-state index contributed by atoms with van der Waals surface area (Å²) in [6.45, 7) is 1.12. The number of benzene rings is 1. The van der Waals surface area contributed by atoms with Gasteiger partial charge >= 0.3 is 6.18 Å². The number of aromatic nitrogens is 4. The van der Waals surface area contributed by atoms with E-state index in [1.165, 1.54) is 4.68 Å². The van der Waals surface area contributed by atoms with Gasteiger partial charge in [-0.1, -0.05) is 23.7 Å². The number of hydrogen-bond donors (Lipinski definition) is 1. The summed E-state index contributed by atoms with van der Waals surface area (Å²) >= 11 is 5.98. The lowest BCUT2D eigenvalue weighted by molar-refractivity contribution is -0.141. The quantitative estimate of drug-likeness (QED) is 0.513. The Kier molecular flexibility index (Phi) is 6.04. The highest BCUT2D eigenvalue weighted by atomic mass is 35.5. The standard InChI is InChI=1S/C21H21ClF3N5O/c22-17-18(15-6-7-15)30(28-19(17)21(23,24)25)11-2-8-26-20(31)16-5-1-4-14(12-16)13-29-10-3-9-27-29/h1,3-5,9-10,12,15H,2,6-8,11,13H2,(H,26,31). The molecule has 0 radical (unpaired) electrons. The van der Waals surface area contributed by atoms with Crippen LogP contribution in [0.4, 0.5) is 13.2 Å². The topological polar surface area (TPSA) is 64.7 Å². The molecule has 2 aromatic heterocycles. The van der Waals surface area contributed by atoms with E-state index in [1.54, 1.807) is 29.1 Å². The molecule has 1 fully saturated rings. The van der Waals surface area contributed by atoms with Gasteiger partial charge in [-0.25, -0.2) is 0 Å². The average Bonchev–Trinajstić information content (AvgIpc) is 3.31. The molecular formula is C21H21ClF3N5O. The fraction of sp³-hybridized carbons (Fsp3) is 0.381. The predicted octanol–water partition coefficient (Wildman–Crippen LogP) is 4.50. The summed E-state index contributed by atoms with van der Waals surface area (Å²) in [5.74, 6) is -0.206. The zero-order valence-corrected chi connectivity index (χ0v) is 17.3. The van der Waals surface area contributed by atoms with Crippen LogP contribution in [0.1, 0.15) is 52.5 Å². The van der Waals surface area contributed by atoms with E-state index in [1.807, 2.05) is 18.3 Å². The van der Waals surface area contributed by atoms with E-state index in [9.17, 15) is 18.0 Å². The van der Waals surface area contributed by atoms with Crippen LogP contribution in [0.3, 0.4) is 0 Å². The van der Waals surface area contributed by atoms with Crippen molar-refractivity contribution in [3.8, 4) is 0 Å². The number of carbonyl (C=O) groups excluding carboxylic acids is 1. The Morgan fingerprint density at radius 1 is 1.26 bits per heavy atom. The molecule has 4 rings (SSSR count). The van der Waals surface area contributed by atoms with Crippen molar-refractivity contribution < 1.29 is 18.0 Å². The smallest absolute Gasteiger partial charge is 0.352 e. The van der Waals surface area contributed by atoms with E-state index in [4.69, 9.17) is 11.6 Å². The summed E-state index contributed by atoms with van der Waals surface area (Å²) in [7, 11) is 0. The summed E-state index contributed by atoms with van der Waals surface area (Å²) in [4.78, 5) is 12.5. The van der Waals surface area contributed by atoms with Gasteiger partial charge < -0.3 is 5.32 Å². The molecule has 0 aliphatic heterocycles. The average molecular weight is 452 g/mol. The van der Waals surface area contributed by atoms with Crippen molar-refractivity contribution in [1.82, 2.24) is 24.9 Å². The second-order valence-corrected chi connectivity index (χ2v) is 7.93. The molecule has 0 atom stereocenters. The maximum absolute atomic E-state index is 13.1. The van der Waals surface area contributed by atoms with Crippen LogP contribution in [0.25, 0.3) is 0 Å². The van der Waals surface area contributed by atoms with Crippen molar-refractivity contribution in [3.63, 3.8) is 0 Å². The van der Waals surface area contributed by atoms with E-state index in [0.717, 1.165) is 18.4 Å². The van der Waals surface area contributed by atoms with Gasteiger partial charge in [0.15, 0.2) is 5.69 Å². The van der Waals surface area contributed by atoms with Crippen molar-refractivity contribution in [3.05, 3.63) is 70.3 Å². The van der Waals surface area contributed by atoms with Crippen LogP contribution in [-0.4, -0.2) is 32.0 Å². The van der Waals surface area contributed by atoms with Gasteiger partial charge in [-0.3, -0.25) is 14.2 Å². The van der Waals surface area contributed by atoms with Crippen LogP contribution in [0.2, 0.25) is 5.02 Å². The molecule has 1 aliphatic carbocycles. The highest BCUT2D eigenvalue weighted by Gasteiger charge is 2.41. The Morgan fingerprint density at radius 3 is 2.74 bits per heavy atom. The van der Waals surface area contributed by atoms with Gasteiger partial charge in [-0.2, -0.15) is 23.4 Å². The van der Waals surface area contributed by atoms with Gasteiger partial charge in [0.05, 0.1) is 17.3 Å². The number of carbonyl (C=O) groups is 1. The molecule has 1 saturated carbocycles. The Balaban J connectivity index is 1.34. The molecule has 1 amide bonds. The van der Waals surface area contributed by atoms with E-state index < -0.39 is 11.9 Å². The first-order valence-corrected chi connectivity index (χ1v) is 10.4. The summed E-state index contributed by atoms with van der Waals surface area (Å²) in [6, 6.07) is 9.06. The fourth-order valence-electron chi connectivity index (χ4n) is 3.48. The summed E-state index contributed by atoms with van der Waals surface area (Å²) in [6.07, 6.45) is 1.02. The molecule has 164 valence electrons. The SMILES string of the molecule is O=C(NCCCn1nc(C(F)(F)F)c(Cl)c1C1CC1)c1cccc(Cn2cccn2)c1. The largest absolute Gasteiger partial charge is 0.436 e. The predicted molar refractivity (Wildman–Crippen MR) is 109 cm³/mol. The number of halogens is 4. The molecule has 3 aromatic rings. The van der Waals surface area contributed by atoms with E-state index in [0.29, 0.717) is 30.8 Å². The lowest BCUT2D eigenvalue weighted by Gasteiger charge is -2.09. The van der Waals surface area contributed by atoms with Crippen molar-refractivity contribution in [2.75, 3.05) is 6.54 Å². The first-order valence-electron chi connectivity index (χ1n) is 10.0. The molecule has 1 aliphatic rings. The molecule has 6 nitrogen and oxygen atoms in total. The lowest BCUT2D eigenvalue weighted by Crippen LogP contribution is -2.25. The van der Waals surface area contributed by atoms with Crippen LogP contribution in [0.15, 0.2) is 42.7 Å². The minimum absolute atomic E-state index is 0.0308. The normalized spacial score (nSPS) is 14.1. The Labute approximate surface area is 182 Å². The number of amides is 1. The monoisotopic (exact) mass is 451 g/mol. The van der Waals surface area contributed by atoms with Crippen LogP contribution in [-0.2, 0) is 19.3 Å². The number of hydrogen-bond acceptors (Lipinski definition) is 3. The Bertz CT molecular complexity index is 1060. The van der Waals surface area contributed by atoms with Gasteiger partial charge in [0.1, 0.15) is 0 Å². The van der Waals surface area contributed by atoms with Gasteiger partial charge in [-0.05, 0) is 43.0 Å². The van der Waals surface area contributed by atoms with Crippen molar-refractivity contribution in [1.29, 1.82) is 0 Å². The van der Waals surface area contributed by atoms with Crippen molar-refractivity contribution in [2.24, 2.45) is 0 Å². The maximum atomic E-state index is 13.1. The van der Waals surface area contributed by atoms with Gasteiger partial charge in [-0.15, -0.1) is 0 Å². The minimum atomic E-state index is -4.58. The van der Waals surface area contributed by atoms with E-state index in [-0.39, 0.29) is 23.4 Å². The highest BCUT2D eigenvalue weighted by Crippen LogP contribution is 2.46. The van der Waals surface area contributed by atoms with Crippen LogP contribution in [0, 0.1) is 0 Å². The van der Waals surface area contributed by atoms with E-state index >= 15 is 0 Å². The molecule has 31 heavy (non-hydrogen) atoms. The number of alkyl halides is 3. The highest BCUT2D eigenvalue weighted by molar-refractivity contribution is 6.32. The van der Waals surface area contributed by atoms with Crippen LogP contribution < -0.4 is 5.32 Å². The summed E-state index contributed by atoms with van der Waals surface area (Å²) in [5, 5.41) is 10.4. The third-order valence-electron chi connectivity index (χ3n) is 5.09. The maximum Gasteiger partial charge on any atom is 0.436 e. The molecule has 0 bridgehead atoms. The molecule has 0 saturated heterocycles. The second-order valence-electron chi connectivity index (χ2n) is 7.56. The molecule has 10 heteroatoms. The zero-order valence-electron chi connectivity index (χ0n) is 16.6. The van der Waals surface area contributed by atoms with Gasteiger partial charge in [0, 0.05) is 37.0 Å². The van der Waals surface area contributed by atoms with Gasteiger partial charge in [0.25, 0.3) is 5.91 Å². The van der Waals surface area contributed by atoms with Crippen LogP contribution in [0.5, 0.6) is 0 Å². The number of rotatable bonds is 8. The van der Waals surface area contributed by atoms with Crippen molar-refractivity contribution in [2.45, 2.75) is 44.4 Å². The minimum Gasteiger partial charge on any atom is -0.352 e. The van der Waals surface area contributed by atoms with Gasteiger partial charge in [0.2, 0.25) is 0 Å². The third kappa shape index (κ3) is 5.10. The second kappa shape index (κ2) is 8.74. The lowest BCUT2D eigenvalue weighted by atomic mass is 10.1. The number of aryl methyl sites for hydroxylation is 1. The summed E-state index contributed by atoms with van der Waals surface area (Å²) < 4.78 is 42.5. The molecule has 2 heterocycles. The fourth-order valence-corrected chi connectivity index (χ4v) is 3.87. The molecule has 0 unspecified atom stereocenters. The first kappa shape index (κ1) is 21.4. The molecular weight excluding hydrogens is 431 g/mol. The molecule has 1 aromatic carbocycles. The zero-order chi connectivity index (χ0) is 22.0. The Hall–Kier alpha value is -2.81. The molecule has 1 N–H and O–H groups in total. The van der Waals surface area contributed by atoms with E-state index in [2.05, 4.69) is 15.5 Å². The molecule has 0 spiro atoms. The number of nitrogens with zero attached hydrogens (tertiary/aromatic N) is 4. The first-order chi connectivity index (χ1) is 14.8. The number of nitrogens with one attached hydrogen (secondary N) is 1. The van der Waals surface area contributed by atoms with Crippen molar-refractivity contribution >= 4 is 17.5 Å².